The second kappa shape index (κ2) is 11.2. The van der Waals surface area contributed by atoms with Crippen LogP contribution in [-0.2, 0) is 5.41 Å². The minimum atomic E-state index is -0.263. The first-order valence-electron chi connectivity index (χ1n) is 13.0. The Kier molecular flexibility index (Phi) is 8.00. The number of rotatable bonds is 7. The van der Waals surface area contributed by atoms with E-state index in [-0.39, 0.29) is 23.0 Å². The van der Waals surface area contributed by atoms with Crippen molar-refractivity contribution >= 4 is 17.5 Å². The Labute approximate surface area is 219 Å². The first-order valence-corrected chi connectivity index (χ1v) is 13.0. The molecule has 196 valence electrons. The minimum absolute atomic E-state index is 0.105. The maximum Gasteiger partial charge on any atom is 0.289 e. The van der Waals surface area contributed by atoms with Gasteiger partial charge in [0.05, 0.1) is 12.7 Å². The van der Waals surface area contributed by atoms with E-state index in [9.17, 15) is 9.59 Å². The van der Waals surface area contributed by atoms with E-state index in [0.29, 0.717) is 35.2 Å². The molecule has 2 amide bonds. The number of nitrogens with zero attached hydrogens (tertiary/aromatic N) is 1. The van der Waals surface area contributed by atoms with Gasteiger partial charge in [0.15, 0.2) is 0 Å². The maximum atomic E-state index is 13.2. The van der Waals surface area contributed by atoms with E-state index < -0.39 is 0 Å². The van der Waals surface area contributed by atoms with Crippen molar-refractivity contribution in [1.82, 2.24) is 10.5 Å². The average Bonchev–Trinajstić information content (AvgIpc) is 3.38. The fourth-order valence-electron chi connectivity index (χ4n) is 4.75. The molecule has 0 atom stereocenters. The van der Waals surface area contributed by atoms with Crippen molar-refractivity contribution < 1.29 is 18.8 Å². The zero-order valence-corrected chi connectivity index (χ0v) is 22.4. The Morgan fingerprint density at radius 3 is 2.49 bits per heavy atom. The van der Waals surface area contributed by atoms with Gasteiger partial charge >= 0.3 is 0 Å². The molecular formula is C30H37N3O4. The van der Waals surface area contributed by atoms with Gasteiger partial charge < -0.3 is 19.9 Å². The van der Waals surface area contributed by atoms with E-state index >= 15 is 0 Å². The zero-order valence-electron chi connectivity index (χ0n) is 22.4. The summed E-state index contributed by atoms with van der Waals surface area (Å²) in [6, 6.07) is 12.9. The largest absolute Gasteiger partial charge is 0.496 e. The molecule has 0 bridgehead atoms. The summed E-state index contributed by atoms with van der Waals surface area (Å²) in [5, 5.41) is 10.1. The lowest BCUT2D eigenvalue weighted by Crippen LogP contribution is -2.29. The van der Waals surface area contributed by atoms with Crippen molar-refractivity contribution in [1.29, 1.82) is 0 Å². The van der Waals surface area contributed by atoms with E-state index in [2.05, 4.69) is 36.6 Å². The topological polar surface area (TPSA) is 93.5 Å². The molecule has 0 unspecified atom stereocenters. The Morgan fingerprint density at radius 2 is 1.78 bits per heavy atom. The van der Waals surface area contributed by atoms with Gasteiger partial charge in [-0.1, -0.05) is 57.3 Å². The number of hydrogen-bond donors (Lipinski definition) is 2. The van der Waals surface area contributed by atoms with E-state index in [1.54, 1.807) is 13.2 Å². The van der Waals surface area contributed by atoms with Crippen molar-refractivity contribution in [3.8, 4) is 17.0 Å². The van der Waals surface area contributed by atoms with Gasteiger partial charge in [0, 0.05) is 23.9 Å². The summed E-state index contributed by atoms with van der Waals surface area (Å²) in [7, 11) is 1.56. The highest BCUT2D eigenvalue weighted by Crippen LogP contribution is 2.30. The molecule has 1 heterocycles. The monoisotopic (exact) mass is 503 g/mol. The van der Waals surface area contributed by atoms with Crippen LogP contribution in [0.15, 0.2) is 47.0 Å². The Bertz CT molecular complexity index is 1270. The van der Waals surface area contributed by atoms with Gasteiger partial charge in [0.25, 0.3) is 11.8 Å². The molecule has 0 spiro atoms. The molecule has 3 aromatic rings. The molecule has 1 fully saturated rings. The number of ether oxygens (including phenoxy) is 1. The Balaban J connectivity index is 1.49. The van der Waals surface area contributed by atoms with Crippen LogP contribution in [0.3, 0.4) is 0 Å². The molecule has 1 aromatic heterocycles. The predicted molar refractivity (Wildman–Crippen MR) is 145 cm³/mol. The van der Waals surface area contributed by atoms with E-state index in [0.717, 1.165) is 29.5 Å². The molecule has 37 heavy (non-hydrogen) atoms. The van der Waals surface area contributed by atoms with Crippen LogP contribution in [0.1, 0.15) is 84.9 Å². The molecule has 0 aliphatic heterocycles. The molecule has 1 saturated carbocycles. The second-order valence-electron chi connectivity index (χ2n) is 10.9. The zero-order chi connectivity index (χ0) is 26.6. The predicted octanol–water partition coefficient (Wildman–Crippen LogP) is 6.52. The van der Waals surface area contributed by atoms with Crippen LogP contribution < -0.4 is 15.4 Å². The third kappa shape index (κ3) is 6.40. The highest BCUT2D eigenvalue weighted by atomic mass is 16.5. The van der Waals surface area contributed by atoms with Crippen LogP contribution >= 0.6 is 0 Å². The third-order valence-electron chi connectivity index (χ3n) is 7.09. The van der Waals surface area contributed by atoms with Gasteiger partial charge in [-0.15, -0.1) is 0 Å². The van der Waals surface area contributed by atoms with Crippen molar-refractivity contribution in [3.63, 3.8) is 0 Å². The fraction of sp³-hybridized carbons (Fsp3) is 0.433. The van der Waals surface area contributed by atoms with Gasteiger partial charge in [0.1, 0.15) is 11.4 Å². The van der Waals surface area contributed by atoms with E-state index in [4.69, 9.17) is 9.26 Å². The first kappa shape index (κ1) is 26.5. The minimum Gasteiger partial charge on any atom is -0.496 e. The van der Waals surface area contributed by atoms with Gasteiger partial charge in [0.2, 0.25) is 5.76 Å². The number of benzene rings is 2. The highest BCUT2D eigenvalue weighted by molar-refractivity contribution is 6.06. The van der Waals surface area contributed by atoms with Crippen molar-refractivity contribution in [2.75, 3.05) is 19.0 Å². The Hall–Kier alpha value is -3.61. The number of carbonyl (C=O) groups excluding carboxylic acids is 2. The van der Waals surface area contributed by atoms with Gasteiger partial charge in [-0.05, 0) is 66.5 Å². The lowest BCUT2D eigenvalue weighted by atomic mass is 9.86. The maximum absolute atomic E-state index is 13.2. The number of aromatic nitrogens is 1. The van der Waals surface area contributed by atoms with Crippen LogP contribution in [0.25, 0.3) is 11.3 Å². The standard InChI is InChI=1S/C30H37N3O4/c1-19-11-13-22(32-28(34)24-15-21(30(2,3)4)12-14-26(24)36-5)16-23(19)25-17-27(37-33-25)29(35)31-18-20-9-7-6-8-10-20/h11-17,20H,6-10,18H2,1-5H3,(H,31,35)(H,32,34). The third-order valence-corrected chi connectivity index (χ3v) is 7.09. The van der Waals surface area contributed by atoms with Gasteiger partial charge in [-0.3, -0.25) is 9.59 Å². The smallest absolute Gasteiger partial charge is 0.289 e. The van der Waals surface area contributed by atoms with E-state index in [1.165, 1.54) is 19.3 Å². The highest BCUT2D eigenvalue weighted by Gasteiger charge is 2.21. The summed E-state index contributed by atoms with van der Waals surface area (Å²) in [6.07, 6.45) is 6.06. The Morgan fingerprint density at radius 1 is 1.03 bits per heavy atom. The molecular weight excluding hydrogens is 466 g/mol. The lowest BCUT2D eigenvalue weighted by molar-refractivity contribution is 0.0906. The van der Waals surface area contributed by atoms with Gasteiger partial charge in [-0.2, -0.15) is 0 Å². The number of anilines is 1. The fourth-order valence-corrected chi connectivity index (χ4v) is 4.75. The van der Waals surface area contributed by atoms with E-state index in [1.807, 2.05) is 43.3 Å². The molecule has 1 aliphatic rings. The van der Waals surface area contributed by atoms with Crippen molar-refractivity contribution in [2.45, 2.75) is 65.2 Å². The van der Waals surface area contributed by atoms with Crippen LogP contribution in [0.2, 0.25) is 0 Å². The normalized spacial score (nSPS) is 14.3. The van der Waals surface area contributed by atoms with Crippen LogP contribution in [0, 0.1) is 12.8 Å². The number of carbonyl (C=O) groups is 2. The van der Waals surface area contributed by atoms with Gasteiger partial charge in [-0.25, -0.2) is 0 Å². The summed E-state index contributed by atoms with van der Waals surface area (Å²) in [5.41, 5.74) is 4.29. The quantitative estimate of drug-likeness (QED) is 0.383. The summed E-state index contributed by atoms with van der Waals surface area (Å²) in [4.78, 5) is 25.9. The summed E-state index contributed by atoms with van der Waals surface area (Å²) >= 11 is 0. The van der Waals surface area contributed by atoms with Crippen LogP contribution in [0.5, 0.6) is 5.75 Å². The number of nitrogens with one attached hydrogen (secondary N) is 2. The lowest BCUT2D eigenvalue weighted by Gasteiger charge is -2.21. The number of amides is 2. The number of methoxy groups -OCH3 is 1. The molecule has 2 aromatic carbocycles. The van der Waals surface area contributed by atoms with Crippen molar-refractivity contribution in [2.24, 2.45) is 5.92 Å². The molecule has 0 radical (unpaired) electrons. The molecule has 4 rings (SSSR count). The first-order chi connectivity index (χ1) is 17.7. The summed E-state index contributed by atoms with van der Waals surface area (Å²) in [5.74, 6) is 0.713. The molecule has 7 nitrogen and oxygen atoms in total. The number of hydrogen-bond acceptors (Lipinski definition) is 5. The van der Waals surface area contributed by atoms with Crippen molar-refractivity contribution in [3.05, 3.63) is 64.9 Å². The summed E-state index contributed by atoms with van der Waals surface area (Å²) in [6.45, 7) is 8.92. The molecule has 0 saturated heterocycles. The number of aryl methyl sites for hydroxylation is 1. The van der Waals surface area contributed by atoms with Crippen LogP contribution in [0.4, 0.5) is 5.69 Å². The molecule has 7 heteroatoms. The molecule has 2 N–H and O–H groups in total. The SMILES string of the molecule is COc1ccc(C(C)(C)C)cc1C(=O)Nc1ccc(C)c(-c2cc(C(=O)NCC3CCCCC3)on2)c1. The second-order valence-corrected chi connectivity index (χ2v) is 10.9. The summed E-state index contributed by atoms with van der Waals surface area (Å²) < 4.78 is 10.8. The average molecular weight is 504 g/mol. The van der Waals surface area contributed by atoms with Crippen LogP contribution in [-0.4, -0.2) is 30.6 Å². The molecule has 1 aliphatic carbocycles.